The second-order valence-electron chi connectivity index (χ2n) is 16.7. The molecule has 1 amide bonds. The number of ether oxygens (including phenoxy) is 1. The number of carbonyl (C=O) groups excluding carboxylic acids is 2. The number of nitrogens with one attached hydrogen (secondary N) is 1. The lowest BCUT2D eigenvalue weighted by atomic mass is 10.0. The van der Waals surface area contributed by atoms with Gasteiger partial charge in [-0.1, -0.05) is 239 Å². The monoisotopic (exact) mass is 872 g/mol. The highest BCUT2D eigenvalue weighted by molar-refractivity contribution is 5.77. The van der Waals surface area contributed by atoms with Crippen molar-refractivity contribution in [1.29, 1.82) is 0 Å². The van der Waals surface area contributed by atoms with Gasteiger partial charge < -0.3 is 20.3 Å². The fourth-order valence-electron chi connectivity index (χ4n) is 6.94. The van der Waals surface area contributed by atoms with Crippen molar-refractivity contribution in [3.8, 4) is 0 Å². The first kappa shape index (κ1) is 59.3. The van der Waals surface area contributed by atoms with Crippen molar-refractivity contribution < 1.29 is 24.5 Å². The van der Waals surface area contributed by atoms with E-state index in [0.29, 0.717) is 19.3 Å². The Bertz CT molecular complexity index is 1350. The number of amides is 1. The predicted molar refractivity (Wildman–Crippen MR) is 273 cm³/mol. The minimum Gasteiger partial charge on any atom is -0.462 e. The van der Waals surface area contributed by atoms with Gasteiger partial charge in [-0.15, -0.1) is 0 Å². The van der Waals surface area contributed by atoms with E-state index in [0.717, 1.165) is 83.5 Å². The number of esters is 1. The molecular weight excluding hydrogens is 779 g/mol. The molecule has 6 nitrogen and oxygen atoms in total. The third-order valence-electron chi connectivity index (χ3n) is 10.8. The van der Waals surface area contributed by atoms with E-state index in [-0.39, 0.29) is 24.9 Å². The van der Waals surface area contributed by atoms with E-state index in [2.05, 4.69) is 68.6 Å². The van der Waals surface area contributed by atoms with Crippen LogP contribution in [0.15, 0.2) is 122 Å². The summed E-state index contributed by atoms with van der Waals surface area (Å²) >= 11 is 0. The van der Waals surface area contributed by atoms with Crippen LogP contribution in [-0.4, -0.2) is 46.9 Å². The van der Waals surface area contributed by atoms with E-state index >= 15 is 0 Å². The maximum Gasteiger partial charge on any atom is 0.306 e. The zero-order valence-corrected chi connectivity index (χ0v) is 40.4. The highest BCUT2D eigenvalue weighted by Gasteiger charge is 2.24. The van der Waals surface area contributed by atoms with Crippen LogP contribution in [0.25, 0.3) is 0 Å². The standard InChI is InChI=1S/C57H93NO5/c1-4-7-10-13-16-19-22-24-26-28-30-32-35-38-41-44-47-50-57(62)63-53(48-45-42-39-36-34-31-29-27-25-23-20-17-14-11-8-5-2)51-56(61)58-54(52-59)55(60)49-46-43-40-37-33-21-18-15-12-9-6-3/h7,10,13,16-17,19-20,22-32,34-35,53-55,59-60H,4-6,8-9,11-12,14-15,18,21,33,36-52H2,1-3H3,(H,58,61)/b10-7-,16-13+,20-17+,22-19+,25-23+,26-24-,29-27+,30-28+,34-31+,35-32+. The van der Waals surface area contributed by atoms with Crippen molar-refractivity contribution >= 4 is 11.9 Å². The molecule has 0 heterocycles. The van der Waals surface area contributed by atoms with E-state index in [1.165, 1.54) is 70.6 Å². The molecule has 0 rings (SSSR count). The molecule has 0 aromatic heterocycles. The minimum atomic E-state index is -0.814. The van der Waals surface area contributed by atoms with Gasteiger partial charge in [-0.3, -0.25) is 9.59 Å². The SMILES string of the molecule is CC\C=C/C=C/C=C/C=C\C=C\C=C\CCCCCC(=O)OC(CCCCC/C=C/C=C/C=C/C=C/CCCCC)CC(=O)NC(CO)C(O)CCCCCCCCCCCCC. The van der Waals surface area contributed by atoms with Gasteiger partial charge in [0, 0.05) is 6.42 Å². The summed E-state index contributed by atoms with van der Waals surface area (Å²) in [6, 6.07) is -0.732. The summed E-state index contributed by atoms with van der Waals surface area (Å²) in [5.41, 5.74) is 0. The van der Waals surface area contributed by atoms with Crippen LogP contribution in [-0.2, 0) is 14.3 Å². The van der Waals surface area contributed by atoms with Crippen LogP contribution in [0.4, 0.5) is 0 Å². The number of unbranched alkanes of at least 4 members (excludes halogenated alkanes) is 19. The fourth-order valence-corrected chi connectivity index (χ4v) is 6.94. The summed E-state index contributed by atoms with van der Waals surface area (Å²) < 4.78 is 5.89. The average Bonchev–Trinajstić information content (AvgIpc) is 3.28. The molecule has 0 spiro atoms. The molecular formula is C57H93NO5. The van der Waals surface area contributed by atoms with Crippen LogP contribution in [0, 0.1) is 0 Å². The zero-order valence-electron chi connectivity index (χ0n) is 40.4. The summed E-state index contributed by atoms with van der Waals surface area (Å²) in [4.78, 5) is 26.1. The van der Waals surface area contributed by atoms with E-state index in [9.17, 15) is 19.8 Å². The summed E-state index contributed by atoms with van der Waals surface area (Å²) in [7, 11) is 0. The molecule has 0 saturated heterocycles. The van der Waals surface area contributed by atoms with Crippen molar-refractivity contribution in [3.63, 3.8) is 0 Å². The molecule has 3 unspecified atom stereocenters. The van der Waals surface area contributed by atoms with Crippen LogP contribution < -0.4 is 5.32 Å². The number of aliphatic hydroxyl groups excluding tert-OH is 2. The quantitative estimate of drug-likeness (QED) is 0.0322. The van der Waals surface area contributed by atoms with Crippen LogP contribution in [0.2, 0.25) is 0 Å². The fraction of sp³-hybridized carbons (Fsp3) is 0.614. The van der Waals surface area contributed by atoms with Crippen molar-refractivity contribution in [3.05, 3.63) is 122 Å². The number of carbonyl (C=O) groups is 2. The van der Waals surface area contributed by atoms with Gasteiger partial charge in [0.05, 0.1) is 25.2 Å². The van der Waals surface area contributed by atoms with Crippen molar-refractivity contribution in [1.82, 2.24) is 5.32 Å². The lowest BCUT2D eigenvalue weighted by Gasteiger charge is -2.24. The Morgan fingerprint density at radius 3 is 1.33 bits per heavy atom. The lowest BCUT2D eigenvalue weighted by molar-refractivity contribution is -0.151. The Morgan fingerprint density at radius 1 is 0.476 bits per heavy atom. The van der Waals surface area contributed by atoms with E-state index in [1.54, 1.807) is 0 Å². The maximum atomic E-state index is 13.2. The molecule has 3 N–H and O–H groups in total. The molecule has 0 aliphatic carbocycles. The summed E-state index contributed by atoms with van der Waals surface area (Å²) in [5, 5.41) is 23.7. The van der Waals surface area contributed by atoms with Gasteiger partial charge in [-0.2, -0.15) is 0 Å². The van der Waals surface area contributed by atoms with E-state index in [1.807, 2.05) is 79.0 Å². The Morgan fingerprint density at radius 2 is 0.857 bits per heavy atom. The van der Waals surface area contributed by atoms with E-state index < -0.39 is 18.2 Å². The number of allylic oxidation sites excluding steroid dienone is 20. The molecule has 0 radical (unpaired) electrons. The summed E-state index contributed by atoms with van der Waals surface area (Å²) in [5.74, 6) is -0.577. The molecule has 0 fully saturated rings. The zero-order chi connectivity index (χ0) is 45.9. The largest absolute Gasteiger partial charge is 0.462 e. The van der Waals surface area contributed by atoms with Crippen molar-refractivity contribution in [2.24, 2.45) is 0 Å². The molecule has 3 atom stereocenters. The van der Waals surface area contributed by atoms with Crippen LogP contribution in [0.1, 0.15) is 201 Å². The van der Waals surface area contributed by atoms with Gasteiger partial charge in [-0.25, -0.2) is 0 Å². The normalized spacial score (nSPS) is 14.3. The van der Waals surface area contributed by atoms with Crippen molar-refractivity contribution in [2.75, 3.05) is 6.61 Å². The van der Waals surface area contributed by atoms with Crippen LogP contribution in [0.5, 0.6) is 0 Å². The molecule has 63 heavy (non-hydrogen) atoms. The lowest BCUT2D eigenvalue weighted by Crippen LogP contribution is -2.46. The van der Waals surface area contributed by atoms with Crippen molar-refractivity contribution in [2.45, 2.75) is 219 Å². The maximum absolute atomic E-state index is 13.2. The topological polar surface area (TPSA) is 95.9 Å². The molecule has 0 aliphatic heterocycles. The molecule has 0 aromatic rings. The van der Waals surface area contributed by atoms with Gasteiger partial charge in [0.1, 0.15) is 6.10 Å². The van der Waals surface area contributed by atoms with Crippen LogP contribution >= 0.6 is 0 Å². The number of aliphatic hydroxyl groups is 2. The first-order chi connectivity index (χ1) is 31.0. The molecule has 0 saturated carbocycles. The highest BCUT2D eigenvalue weighted by atomic mass is 16.5. The second kappa shape index (κ2) is 49.3. The van der Waals surface area contributed by atoms with Gasteiger partial charge in [0.2, 0.25) is 5.91 Å². The van der Waals surface area contributed by atoms with Gasteiger partial charge in [0.15, 0.2) is 0 Å². The Kier molecular flexibility index (Phi) is 46.4. The number of rotatable bonds is 43. The first-order valence-electron chi connectivity index (χ1n) is 25.4. The minimum absolute atomic E-state index is 0.0248. The smallest absolute Gasteiger partial charge is 0.306 e. The molecule has 0 bridgehead atoms. The van der Waals surface area contributed by atoms with Gasteiger partial charge in [-0.05, 0) is 70.6 Å². The average molecular weight is 872 g/mol. The molecule has 6 heteroatoms. The number of hydrogen-bond acceptors (Lipinski definition) is 5. The molecule has 0 aliphatic rings. The second-order valence-corrected chi connectivity index (χ2v) is 16.7. The summed E-state index contributed by atoms with van der Waals surface area (Å²) in [6.07, 6.45) is 68.1. The summed E-state index contributed by atoms with van der Waals surface area (Å²) in [6.45, 7) is 6.25. The third-order valence-corrected chi connectivity index (χ3v) is 10.8. The Balaban J connectivity index is 4.82. The van der Waals surface area contributed by atoms with Crippen LogP contribution in [0.3, 0.4) is 0 Å². The predicted octanol–water partition coefficient (Wildman–Crippen LogP) is 15.3. The Hall–Kier alpha value is -3.74. The van der Waals surface area contributed by atoms with E-state index in [4.69, 9.17) is 4.74 Å². The van der Waals surface area contributed by atoms with Gasteiger partial charge in [0.25, 0.3) is 0 Å². The third kappa shape index (κ3) is 44.7. The molecule has 356 valence electrons. The Labute approximate surface area is 387 Å². The van der Waals surface area contributed by atoms with Gasteiger partial charge >= 0.3 is 5.97 Å². The first-order valence-corrected chi connectivity index (χ1v) is 25.4. The number of hydrogen-bond donors (Lipinski definition) is 3. The molecule has 0 aromatic carbocycles. The highest BCUT2D eigenvalue weighted by Crippen LogP contribution is 2.17.